The summed E-state index contributed by atoms with van der Waals surface area (Å²) < 4.78 is 3.62. The summed E-state index contributed by atoms with van der Waals surface area (Å²) in [6.45, 7) is 2.33. The van der Waals surface area contributed by atoms with E-state index in [9.17, 15) is 14.7 Å². The number of carboxylic acids is 1. The number of aliphatic carboxylic acids is 1. The van der Waals surface area contributed by atoms with Gasteiger partial charge >= 0.3 is 5.97 Å². The van der Waals surface area contributed by atoms with Gasteiger partial charge in [0.2, 0.25) is 0 Å². The predicted octanol–water partition coefficient (Wildman–Crippen LogP) is 0.863. The minimum Gasteiger partial charge on any atom is -0.480 e. The SMILES string of the molecule is CC1CCCN(C(=O)c2csnn2)C1C(=O)O. The largest absolute Gasteiger partial charge is 0.480 e. The molecule has 2 atom stereocenters. The van der Waals surface area contributed by atoms with Crippen molar-refractivity contribution in [1.82, 2.24) is 14.5 Å². The molecule has 0 radical (unpaired) electrons. The molecule has 17 heavy (non-hydrogen) atoms. The first-order valence-electron chi connectivity index (χ1n) is 5.42. The highest BCUT2D eigenvalue weighted by Gasteiger charge is 2.37. The van der Waals surface area contributed by atoms with Crippen LogP contribution < -0.4 is 0 Å². The Balaban J connectivity index is 2.23. The van der Waals surface area contributed by atoms with Crippen LogP contribution in [-0.2, 0) is 4.79 Å². The van der Waals surface area contributed by atoms with Gasteiger partial charge in [-0.15, -0.1) is 5.10 Å². The molecule has 1 aromatic heterocycles. The van der Waals surface area contributed by atoms with Crippen LogP contribution in [0.3, 0.4) is 0 Å². The van der Waals surface area contributed by atoms with Crippen LogP contribution in [-0.4, -0.2) is 44.1 Å². The Morgan fingerprint density at radius 2 is 2.35 bits per heavy atom. The van der Waals surface area contributed by atoms with Gasteiger partial charge in [0.1, 0.15) is 6.04 Å². The number of carboxylic acid groups (broad SMARTS) is 1. The Hall–Kier alpha value is -1.50. The van der Waals surface area contributed by atoms with Gasteiger partial charge in [0, 0.05) is 11.9 Å². The minimum absolute atomic E-state index is 0.0307. The van der Waals surface area contributed by atoms with Crippen LogP contribution in [0.4, 0.5) is 0 Å². The maximum absolute atomic E-state index is 12.1. The maximum atomic E-state index is 12.1. The van der Waals surface area contributed by atoms with Crippen molar-refractivity contribution >= 4 is 23.4 Å². The number of likely N-dealkylation sites (tertiary alicyclic amines) is 1. The maximum Gasteiger partial charge on any atom is 0.326 e. The molecule has 1 N–H and O–H groups in total. The smallest absolute Gasteiger partial charge is 0.326 e. The molecule has 2 heterocycles. The number of hydrogen-bond donors (Lipinski definition) is 1. The average molecular weight is 255 g/mol. The van der Waals surface area contributed by atoms with Gasteiger partial charge in [-0.05, 0) is 30.3 Å². The fraction of sp³-hybridized carbons (Fsp3) is 0.600. The summed E-state index contributed by atoms with van der Waals surface area (Å²) in [7, 11) is 0. The molecule has 7 heteroatoms. The third-order valence-corrected chi connectivity index (χ3v) is 3.53. The van der Waals surface area contributed by atoms with Gasteiger partial charge in [0.25, 0.3) is 5.91 Å². The number of carbonyl (C=O) groups is 2. The summed E-state index contributed by atoms with van der Waals surface area (Å²) in [5, 5.41) is 14.4. The Kier molecular flexibility index (Phi) is 3.37. The first kappa shape index (κ1) is 12.0. The molecule has 0 saturated carbocycles. The summed E-state index contributed by atoms with van der Waals surface area (Å²) in [6.07, 6.45) is 1.66. The van der Waals surface area contributed by atoms with E-state index in [-0.39, 0.29) is 17.5 Å². The zero-order valence-corrected chi connectivity index (χ0v) is 10.2. The summed E-state index contributed by atoms with van der Waals surface area (Å²) in [5.74, 6) is -1.32. The molecule has 1 fully saturated rings. The molecular weight excluding hydrogens is 242 g/mol. The summed E-state index contributed by atoms with van der Waals surface area (Å²) >= 11 is 1.09. The van der Waals surface area contributed by atoms with E-state index in [2.05, 4.69) is 9.59 Å². The first-order chi connectivity index (χ1) is 8.11. The van der Waals surface area contributed by atoms with Crippen molar-refractivity contribution in [3.05, 3.63) is 11.1 Å². The second kappa shape index (κ2) is 4.79. The number of carbonyl (C=O) groups excluding carboxylic acids is 1. The van der Waals surface area contributed by atoms with Crippen molar-refractivity contribution in [2.75, 3.05) is 6.54 Å². The van der Waals surface area contributed by atoms with E-state index in [0.717, 1.165) is 24.4 Å². The normalized spacial score (nSPS) is 24.6. The fourth-order valence-corrected chi connectivity index (χ4v) is 2.63. The highest BCUT2D eigenvalue weighted by atomic mass is 32.1. The van der Waals surface area contributed by atoms with Crippen molar-refractivity contribution < 1.29 is 14.7 Å². The molecule has 1 aliphatic rings. The van der Waals surface area contributed by atoms with E-state index in [1.54, 1.807) is 5.38 Å². The molecular formula is C10H13N3O3S. The number of rotatable bonds is 2. The van der Waals surface area contributed by atoms with Crippen LogP contribution in [0.2, 0.25) is 0 Å². The highest BCUT2D eigenvalue weighted by Crippen LogP contribution is 2.24. The van der Waals surface area contributed by atoms with E-state index in [1.165, 1.54) is 4.90 Å². The zero-order chi connectivity index (χ0) is 12.4. The molecule has 92 valence electrons. The van der Waals surface area contributed by atoms with E-state index < -0.39 is 12.0 Å². The number of aromatic nitrogens is 2. The molecule has 0 aliphatic carbocycles. The lowest BCUT2D eigenvalue weighted by Crippen LogP contribution is -2.52. The third-order valence-electron chi connectivity index (χ3n) is 3.03. The first-order valence-corrected chi connectivity index (χ1v) is 6.25. The Labute approximate surface area is 102 Å². The number of hydrogen-bond acceptors (Lipinski definition) is 5. The van der Waals surface area contributed by atoms with Crippen molar-refractivity contribution in [2.24, 2.45) is 5.92 Å². The zero-order valence-electron chi connectivity index (χ0n) is 9.37. The van der Waals surface area contributed by atoms with Gasteiger partial charge in [0.15, 0.2) is 5.69 Å². The molecule has 1 aromatic rings. The highest BCUT2D eigenvalue weighted by molar-refractivity contribution is 7.03. The van der Waals surface area contributed by atoms with Crippen LogP contribution in [0.25, 0.3) is 0 Å². The summed E-state index contributed by atoms with van der Waals surface area (Å²) in [4.78, 5) is 24.7. The molecule has 1 amide bonds. The molecule has 6 nitrogen and oxygen atoms in total. The summed E-state index contributed by atoms with van der Waals surface area (Å²) in [6, 6.07) is -0.752. The average Bonchev–Trinajstić information content (AvgIpc) is 2.80. The molecule has 0 aromatic carbocycles. The molecule has 1 saturated heterocycles. The van der Waals surface area contributed by atoms with Crippen LogP contribution in [0.1, 0.15) is 30.3 Å². The molecule has 0 bridgehead atoms. The number of nitrogens with zero attached hydrogens (tertiary/aromatic N) is 3. The van der Waals surface area contributed by atoms with Crippen LogP contribution in [0, 0.1) is 5.92 Å². The van der Waals surface area contributed by atoms with Crippen molar-refractivity contribution in [3.63, 3.8) is 0 Å². The van der Waals surface area contributed by atoms with E-state index in [1.807, 2.05) is 6.92 Å². The Morgan fingerprint density at radius 3 is 2.94 bits per heavy atom. The van der Waals surface area contributed by atoms with Crippen LogP contribution in [0.5, 0.6) is 0 Å². The quantitative estimate of drug-likeness (QED) is 0.847. The van der Waals surface area contributed by atoms with Crippen molar-refractivity contribution in [2.45, 2.75) is 25.8 Å². The lowest BCUT2D eigenvalue weighted by atomic mass is 9.90. The van der Waals surface area contributed by atoms with Gasteiger partial charge < -0.3 is 10.0 Å². The second-order valence-corrected chi connectivity index (χ2v) is 4.80. The fourth-order valence-electron chi connectivity index (χ4n) is 2.20. The predicted molar refractivity (Wildman–Crippen MR) is 60.8 cm³/mol. The lowest BCUT2D eigenvalue weighted by Gasteiger charge is -2.36. The van der Waals surface area contributed by atoms with Gasteiger partial charge in [-0.1, -0.05) is 11.4 Å². The van der Waals surface area contributed by atoms with Crippen LogP contribution in [0.15, 0.2) is 5.38 Å². The molecule has 1 aliphatic heterocycles. The monoisotopic (exact) mass is 255 g/mol. The second-order valence-electron chi connectivity index (χ2n) is 4.19. The van der Waals surface area contributed by atoms with Gasteiger partial charge in [-0.25, -0.2) is 4.79 Å². The van der Waals surface area contributed by atoms with E-state index >= 15 is 0 Å². The molecule has 0 spiro atoms. The Bertz CT molecular complexity index is 420. The van der Waals surface area contributed by atoms with Gasteiger partial charge in [0.05, 0.1) is 0 Å². The summed E-state index contributed by atoms with van der Waals surface area (Å²) in [5.41, 5.74) is 0.232. The molecule has 2 rings (SSSR count). The topological polar surface area (TPSA) is 83.4 Å². The van der Waals surface area contributed by atoms with Crippen LogP contribution >= 0.6 is 11.5 Å². The number of amides is 1. The third kappa shape index (κ3) is 2.28. The minimum atomic E-state index is -0.950. The van der Waals surface area contributed by atoms with E-state index in [4.69, 9.17) is 0 Å². The van der Waals surface area contributed by atoms with Gasteiger partial charge in [-0.2, -0.15) is 0 Å². The molecule has 2 unspecified atom stereocenters. The van der Waals surface area contributed by atoms with Gasteiger partial charge in [-0.3, -0.25) is 4.79 Å². The standard InChI is InChI=1S/C10H13N3O3S/c1-6-3-2-4-13(8(6)10(15)16)9(14)7-5-17-12-11-7/h5-6,8H,2-4H2,1H3,(H,15,16). The van der Waals surface area contributed by atoms with E-state index in [0.29, 0.717) is 6.54 Å². The lowest BCUT2D eigenvalue weighted by molar-refractivity contribution is -0.145. The van der Waals surface area contributed by atoms with Crippen molar-refractivity contribution in [3.8, 4) is 0 Å². The number of piperidine rings is 1. The van der Waals surface area contributed by atoms with Crippen molar-refractivity contribution in [1.29, 1.82) is 0 Å². The Morgan fingerprint density at radius 1 is 1.59 bits per heavy atom.